The van der Waals surface area contributed by atoms with Gasteiger partial charge in [0.05, 0.1) is 6.54 Å². The largest absolute Gasteiger partial charge is 0.454 e. The number of ether oxygens (including phenoxy) is 2. The molecular formula is C17H18N2O3. The number of aryl methyl sites for hydroxylation is 1. The average Bonchev–Trinajstić information content (AvgIpc) is 2.96. The molecule has 22 heavy (non-hydrogen) atoms. The third-order valence-corrected chi connectivity index (χ3v) is 3.70. The summed E-state index contributed by atoms with van der Waals surface area (Å²) in [7, 11) is 0. The molecule has 0 spiro atoms. The van der Waals surface area contributed by atoms with Crippen LogP contribution >= 0.6 is 0 Å². The summed E-state index contributed by atoms with van der Waals surface area (Å²) >= 11 is 0. The number of carbonyl (C=O) groups excluding carboxylic acids is 1. The number of rotatable bonds is 4. The van der Waals surface area contributed by atoms with Gasteiger partial charge in [0, 0.05) is 17.4 Å². The average molecular weight is 298 g/mol. The first-order valence-electron chi connectivity index (χ1n) is 7.13. The van der Waals surface area contributed by atoms with E-state index in [1.807, 2.05) is 32.0 Å². The van der Waals surface area contributed by atoms with Gasteiger partial charge in [-0.2, -0.15) is 0 Å². The highest BCUT2D eigenvalue weighted by atomic mass is 16.7. The van der Waals surface area contributed by atoms with E-state index in [2.05, 4.69) is 10.6 Å². The molecule has 0 radical (unpaired) electrons. The molecule has 0 saturated carbocycles. The normalized spacial score (nSPS) is 12.1. The van der Waals surface area contributed by atoms with Crippen LogP contribution in [0.1, 0.15) is 11.1 Å². The lowest BCUT2D eigenvalue weighted by Gasteiger charge is -2.11. The van der Waals surface area contributed by atoms with E-state index in [1.54, 1.807) is 18.2 Å². The SMILES string of the molecule is Cc1cccc(NCC(=O)Nc2ccc3c(c2)OCO3)c1C. The Kier molecular flexibility index (Phi) is 3.87. The zero-order chi connectivity index (χ0) is 15.5. The molecule has 2 aromatic carbocycles. The van der Waals surface area contributed by atoms with Crippen LogP contribution in [0.5, 0.6) is 11.5 Å². The molecule has 0 fully saturated rings. The van der Waals surface area contributed by atoms with E-state index in [-0.39, 0.29) is 19.2 Å². The summed E-state index contributed by atoms with van der Waals surface area (Å²) in [5, 5.41) is 6.00. The first kappa shape index (κ1) is 14.3. The van der Waals surface area contributed by atoms with Crippen molar-refractivity contribution in [3.63, 3.8) is 0 Å². The molecular weight excluding hydrogens is 280 g/mol. The van der Waals surface area contributed by atoms with Crippen molar-refractivity contribution in [2.75, 3.05) is 24.0 Å². The van der Waals surface area contributed by atoms with Crippen molar-refractivity contribution in [2.45, 2.75) is 13.8 Å². The van der Waals surface area contributed by atoms with Crippen LogP contribution in [-0.4, -0.2) is 19.2 Å². The maximum Gasteiger partial charge on any atom is 0.243 e. The van der Waals surface area contributed by atoms with E-state index in [4.69, 9.17) is 9.47 Å². The molecule has 0 atom stereocenters. The Morgan fingerprint density at radius 2 is 1.95 bits per heavy atom. The second kappa shape index (κ2) is 5.97. The lowest BCUT2D eigenvalue weighted by molar-refractivity contribution is -0.114. The minimum atomic E-state index is -0.111. The summed E-state index contributed by atoms with van der Waals surface area (Å²) in [5.74, 6) is 1.24. The predicted molar refractivity (Wildman–Crippen MR) is 85.6 cm³/mol. The van der Waals surface area contributed by atoms with E-state index >= 15 is 0 Å². The van der Waals surface area contributed by atoms with E-state index in [0.29, 0.717) is 17.2 Å². The number of hydrogen-bond donors (Lipinski definition) is 2. The molecule has 1 amide bonds. The first-order valence-corrected chi connectivity index (χ1v) is 7.13. The van der Waals surface area contributed by atoms with Gasteiger partial charge >= 0.3 is 0 Å². The standard InChI is InChI=1S/C17H18N2O3/c1-11-4-3-5-14(12(11)2)18-9-17(20)19-13-6-7-15-16(8-13)22-10-21-15/h3-8,18H,9-10H2,1-2H3,(H,19,20). The zero-order valence-corrected chi connectivity index (χ0v) is 12.6. The van der Waals surface area contributed by atoms with Crippen molar-refractivity contribution in [2.24, 2.45) is 0 Å². The van der Waals surface area contributed by atoms with Crippen molar-refractivity contribution in [1.29, 1.82) is 0 Å². The molecule has 0 saturated heterocycles. The number of benzene rings is 2. The Morgan fingerprint density at radius 1 is 1.14 bits per heavy atom. The van der Waals surface area contributed by atoms with E-state index in [9.17, 15) is 4.79 Å². The molecule has 0 unspecified atom stereocenters. The van der Waals surface area contributed by atoms with Gasteiger partial charge in [-0.1, -0.05) is 12.1 Å². The van der Waals surface area contributed by atoms with Gasteiger partial charge in [0.15, 0.2) is 11.5 Å². The summed E-state index contributed by atoms with van der Waals surface area (Å²) in [6, 6.07) is 11.3. The highest BCUT2D eigenvalue weighted by Gasteiger charge is 2.14. The number of carbonyl (C=O) groups is 1. The van der Waals surface area contributed by atoms with Crippen molar-refractivity contribution in [1.82, 2.24) is 0 Å². The van der Waals surface area contributed by atoms with E-state index < -0.39 is 0 Å². The molecule has 2 N–H and O–H groups in total. The van der Waals surface area contributed by atoms with Crippen LogP contribution in [0.4, 0.5) is 11.4 Å². The van der Waals surface area contributed by atoms with Crippen molar-refractivity contribution < 1.29 is 14.3 Å². The molecule has 0 aromatic heterocycles. The summed E-state index contributed by atoms with van der Waals surface area (Å²) < 4.78 is 10.5. The predicted octanol–water partition coefficient (Wildman–Crippen LogP) is 3.08. The van der Waals surface area contributed by atoms with Crippen LogP contribution in [0.15, 0.2) is 36.4 Å². The third kappa shape index (κ3) is 2.98. The Balaban J connectivity index is 1.60. The van der Waals surface area contributed by atoms with Gasteiger partial charge in [0.1, 0.15) is 0 Å². The number of fused-ring (bicyclic) bond motifs is 1. The summed E-state index contributed by atoms with van der Waals surface area (Å²) in [5.41, 5.74) is 4.01. The number of anilines is 2. The summed E-state index contributed by atoms with van der Waals surface area (Å²) in [4.78, 5) is 12.0. The van der Waals surface area contributed by atoms with Gasteiger partial charge in [-0.3, -0.25) is 4.79 Å². The topological polar surface area (TPSA) is 59.6 Å². The van der Waals surface area contributed by atoms with Gasteiger partial charge in [-0.25, -0.2) is 0 Å². The minimum absolute atomic E-state index is 0.111. The molecule has 1 aliphatic rings. The van der Waals surface area contributed by atoms with Crippen LogP contribution in [0.2, 0.25) is 0 Å². The summed E-state index contributed by atoms with van der Waals surface area (Å²) in [6.07, 6.45) is 0. The molecule has 2 aromatic rings. The van der Waals surface area contributed by atoms with Crippen LogP contribution in [0.3, 0.4) is 0 Å². The van der Waals surface area contributed by atoms with Crippen LogP contribution in [0, 0.1) is 13.8 Å². The molecule has 5 nitrogen and oxygen atoms in total. The van der Waals surface area contributed by atoms with Crippen LogP contribution in [0.25, 0.3) is 0 Å². The maximum absolute atomic E-state index is 12.0. The highest BCUT2D eigenvalue weighted by molar-refractivity contribution is 5.94. The highest BCUT2D eigenvalue weighted by Crippen LogP contribution is 2.34. The van der Waals surface area contributed by atoms with Gasteiger partial charge in [-0.05, 0) is 43.2 Å². The zero-order valence-electron chi connectivity index (χ0n) is 12.6. The fraction of sp³-hybridized carbons (Fsp3) is 0.235. The molecule has 5 heteroatoms. The van der Waals surface area contributed by atoms with Crippen molar-refractivity contribution in [3.05, 3.63) is 47.5 Å². The van der Waals surface area contributed by atoms with Gasteiger partial charge < -0.3 is 20.1 Å². The lowest BCUT2D eigenvalue weighted by Crippen LogP contribution is -2.22. The first-order chi connectivity index (χ1) is 10.6. The molecule has 1 heterocycles. The molecule has 0 bridgehead atoms. The Labute approximate surface area is 129 Å². The Hall–Kier alpha value is -2.69. The molecule has 114 valence electrons. The smallest absolute Gasteiger partial charge is 0.243 e. The third-order valence-electron chi connectivity index (χ3n) is 3.70. The number of nitrogens with one attached hydrogen (secondary N) is 2. The fourth-order valence-electron chi connectivity index (χ4n) is 2.30. The monoisotopic (exact) mass is 298 g/mol. The number of hydrogen-bond acceptors (Lipinski definition) is 4. The van der Waals surface area contributed by atoms with Gasteiger partial charge in [0.2, 0.25) is 12.7 Å². The second-order valence-electron chi connectivity index (χ2n) is 5.22. The van der Waals surface area contributed by atoms with Crippen molar-refractivity contribution in [3.8, 4) is 11.5 Å². The van der Waals surface area contributed by atoms with Gasteiger partial charge in [-0.15, -0.1) is 0 Å². The Morgan fingerprint density at radius 3 is 2.82 bits per heavy atom. The molecule has 1 aliphatic heterocycles. The number of amides is 1. The van der Waals surface area contributed by atoms with Gasteiger partial charge in [0.25, 0.3) is 0 Å². The lowest BCUT2D eigenvalue weighted by atomic mass is 10.1. The van der Waals surface area contributed by atoms with E-state index in [1.165, 1.54) is 5.56 Å². The maximum atomic E-state index is 12.0. The quantitative estimate of drug-likeness (QED) is 0.910. The summed E-state index contributed by atoms with van der Waals surface area (Å²) in [6.45, 7) is 4.51. The van der Waals surface area contributed by atoms with Crippen molar-refractivity contribution >= 4 is 17.3 Å². The second-order valence-corrected chi connectivity index (χ2v) is 5.22. The minimum Gasteiger partial charge on any atom is -0.454 e. The molecule has 0 aliphatic carbocycles. The fourth-order valence-corrected chi connectivity index (χ4v) is 2.30. The molecule has 3 rings (SSSR count). The Bertz CT molecular complexity index is 713. The van der Waals surface area contributed by atoms with Crippen LogP contribution < -0.4 is 20.1 Å². The van der Waals surface area contributed by atoms with E-state index in [0.717, 1.165) is 11.3 Å². The van der Waals surface area contributed by atoms with Crippen LogP contribution in [-0.2, 0) is 4.79 Å².